The van der Waals surface area contributed by atoms with Crippen LogP contribution in [0.25, 0.3) is 13.2 Å². The molecule has 0 aromatic heterocycles. The molecule has 0 unspecified atom stereocenters. The average molecular weight is 226 g/mol. The van der Waals surface area contributed by atoms with E-state index in [1.54, 1.807) is 6.92 Å². The first-order valence-electron chi connectivity index (χ1n) is 4.46. The van der Waals surface area contributed by atoms with E-state index in [1.165, 1.54) is 6.07 Å². The Morgan fingerprint density at radius 1 is 1.60 bits per heavy atom. The highest BCUT2D eigenvalue weighted by atomic mass is 35.5. The number of hydrogen-bond acceptors (Lipinski definition) is 2. The summed E-state index contributed by atoms with van der Waals surface area (Å²) in [4.78, 5) is 11.1. The molecule has 1 aromatic rings. The molecule has 4 heteroatoms. The van der Waals surface area contributed by atoms with Crippen molar-refractivity contribution in [2.24, 2.45) is 0 Å². The van der Waals surface area contributed by atoms with Crippen molar-refractivity contribution in [1.29, 1.82) is 0 Å². The van der Waals surface area contributed by atoms with Gasteiger partial charge in [0.05, 0.1) is 10.7 Å². The summed E-state index contributed by atoms with van der Waals surface area (Å²) in [5, 5.41) is 13.3. The number of amides is 1. The third-order valence-corrected chi connectivity index (χ3v) is 2.44. The number of aromatic hydroxyl groups is 1. The van der Waals surface area contributed by atoms with Crippen LogP contribution in [-0.4, -0.2) is 11.0 Å². The number of benzene rings is 1. The van der Waals surface area contributed by atoms with Gasteiger partial charge < -0.3 is 10.4 Å². The molecule has 80 valence electrons. The fraction of sp³-hybridized carbons (Fsp3) is 0.182. The van der Waals surface area contributed by atoms with Crippen molar-refractivity contribution in [3.05, 3.63) is 21.5 Å². The van der Waals surface area contributed by atoms with Crippen LogP contribution in [0.5, 0.6) is 5.75 Å². The van der Waals surface area contributed by atoms with Crippen LogP contribution in [0.15, 0.2) is 6.07 Å². The van der Waals surface area contributed by atoms with E-state index < -0.39 is 0 Å². The predicted molar refractivity (Wildman–Crippen MR) is 62.3 cm³/mol. The lowest BCUT2D eigenvalue weighted by Crippen LogP contribution is -2.24. The minimum absolute atomic E-state index is 0.119. The number of nitrogens with one attached hydrogen (secondary N) is 1. The highest BCUT2D eigenvalue weighted by Crippen LogP contribution is 2.26. The van der Waals surface area contributed by atoms with Crippen LogP contribution < -0.4 is 15.8 Å². The first-order chi connectivity index (χ1) is 6.97. The fourth-order valence-electron chi connectivity index (χ4n) is 1.07. The monoisotopic (exact) mass is 225 g/mol. The van der Waals surface area contributed by atoms with Gasteiger partial charge in [0.15, 0.2) is 5.75 Å². The molecule has 0 saturated heterocycles. The van der Waals surface area contributed by atoms with Crippen LogP contribution in [0.3, 0.4) is 0 Å². The summed E-state index contributed by atoms with van der Waals surface area (Å²) in [7, 11) is 0. The maximum Gasteiger partial charge on any atom is 0.224 e. The van der Waals surface area contributed by atoms with Gasteiger partial charge in [0, 0.05) is 6.42 Å². The van der Waals surface area contributed by atoms with E-state index in [-0.39, 0.29) is 22.4 Å². The SMILES string of the molecule is C=c1cc(NC(=O)CC)c(O)c(Cl)c1=C. The second-order valence-electron chi connectivity index (χ2n) is 3.13. The first kappa shape index (κ1) is 11.6. The van der Waals surface area contributed by atoms with Crippen molar-refractivity contribution in [1.82, 2.24) is 0 Å². The molecule has 0 aliphatic carbocycles. The summed E-state index contributed by atoms with van der Waals surface area (Å²) >= 11 is 5.81. The van der Waals surface area contributed by atoms with Gasteiger partial charge in [-0.2, -0.15) is 0 Å². The van der Waals surface area contributed by atoms with E-state index in [1.807, 2.05) is 0 Å². The highest BCUT2D eigenvalue weighted by molar-refractivity contribution is 6.32. The zero-order valence-corrected chi connectivity index (χ0v) is 9.19. The van der Waals surface area contributed by atoms with Gasteiger partial charge in [0.1, 0.15) is 0 Å². The Bertz CT molecular complexity index is 496. The number of halogens is 1. The van der Waals surface area contributed by atoms with Gasteiger partial charge in [0.2, 0.25) is 5.91 Å². The van der Waals surface area contributed by atoms with Gasteiger partial charge >= 0.3 is 0 Å². The number of phenolic OH excluding ortho intramolecular Hbond substituents is 1. The molecule has 15 heavy (non-hydrogen) atoms. The Morgan fingerprint density at radius 3 is 2.73 bits per heavy atom. The van der Waals surface area contributed by atoms with Crippen molar-refractivity contribution >= 4 is 36.4 Å². The lowest BCUT2D eigenvalue weighted by Gasteiger charge is -2.07. The molecule has 0 aliphatic rings. The third kappa shape index (κ3) is 2.30. The number of hydrogen-bond donors (Lipinski definition) is 2. The van der Waals surface area contributed by atoms with Crippen LogP contribution in [0, 0.1) is 0 Å². The molecule has 0 heterocycles. The molecule has 1 amide bonds. The topological polar surface area (TPSA) is 49.3 Å². The molecule has 0 atom stereocenters. The quantitative estimate of drug-likeness (QED) is 0.744. The fourth-order valence-corrected chi connectivity index (χ4v) is 1.29. The molecule has 1 rings (SSSR count). The Balaban J connectivity index is 3.27. The number of carbonyl (C=O) groups is 1. The van der Waals surface area contributed by atoms with E-state index in [4.69, 9.17) is 11.6 Å². The van der Waals surface area contributed by atoms with Gasteiger partial charge in [-0.3, -0.25) is 4.79 Å². The standard InChI is InChI=1S/C11H12ClNO2/c1-4-9(14)13-8-5-6(2)7(3)10(12)11(8)15/h5,15H,2-4H2,1H3,(H,13,14). The molecular formula is C11H12ClNO2. The van der Waals surface area contributed by atoms with Crippen molar-refractivity contribution in [2.75, 3.05) is 5.32 Å². The number of rotatable bonds is 2. The van der Waals surface area contributed by atoms with Crippen LogP contribution in [-0.2, 0) is 4.79 Å². The van der Waals surface area contributed by atoms with Crippen LogP contribution in [0.2, 0.25) is 5.02 Å². The molecule has 1 aromatic carbocycles. The Morgan fingerprint density at radius 2 is 2.20 bits per heavy atom. The zero-order chi connectivity index (χ0) is 11.6. The summed E-state index contributed by atoms with van der Waals surface area (Å²) in [5.41, 5.74) is 0.268. The summed E-state index contributed by atoms with van der Waals surface area (Å²) < 4.78 is 0. The normalized spacial score (nSPS) is 10.0. The van der Waals surface area contributed by atoms with Crippen molar-refractivity contribution in [2.45, 2.75) is 13.3 Å². The molecule has 0 fully saturated rings. The summed E-state index contributed by atoms with van der Waals surface area (Å²) in [6.45, 7) is 9.08. The second-order valence-corrected chi connectivity index (χ2v) is 3.50. The Hall–Kier alpha value is -1.48. The van der Waals surface area contributed by atoms with Crippen LogP contribution >= 0.6 is 11.6 Å². The highest BCUT2D eigenvalue weighted by Gasteiger charge is 2.09. The minimum Gasteiger partial charge on any atom is -0.504 e. The molecule has 0 aliphatic heterocycles. The number of phenols is 1. The third-order valence-electron chi connectivity index (χ3n) is 2.03. The lowest BCUT2D eigenvalue weighted by atomic mass is 10.2. The second kappa shape index (κ2) is 4.36. The Labute approximate surface area is 92.7 Å². The van der Waals surface area contributed by atoms with Gasteiger partial charge in [0.25, 0.3) is 0 Å². The molecule has 3 nitrogen and oxygen atoms in total. The van der Waals surface area contributed by atoms with Crippen molar-refractivity contribution in [3.63, 3.8) is 0 Å². The van der Waals surface area contributed by atoms with Crippen molar-refractivity contribution in [3.8, 4) is 5.75 Å². The average Bonchev–Trinajstić information content (AvgIpc) is 2.22. The molecule has 2 N–H and O–H groups in total. The molecular weight excluding hydrogens is 214 g/mol. The molecule has 0 saturated carbocycles. The van der Waals surface area contributed by atoms with Crippen LogP contribution in [0.4, 0.5) is 5.69 Å². The van der Waals surface area contributed by atoms with E-state index >= 15 is 0 Å². The number of anilines is 1. The summed E-state index contributed by atoms with van der Waals surface area (Å²) in [6.07, 6.45) is 0.329. The van der Waals surface area contributed by atoms with E-state index in [9.17, 15) is 9.90 Å². The summed E-state index contributed by atoms with van der Waals surface area (Å²) in [5.74, 6) is -0.367. The lowest BCUT2D eigenvalue weighted by molar-refractivity contribution is -0.115. The van der Waals surface area contributed by atoms with Gasteiger partial charge in [-0.05, 0) is 16.5 Å². The summed E-state index contributed by atoms with van der Waals surface area (Å²) in [6, 6.07) is 1.54. The predicted octanol–water partition coefficient (Wildman–Crippen LogP) is 1.21. The zero-order valence-electron chi connectivity index (χ0n) is 8.43. The van der Waals surface area contributed by atoms with Gasteiger partial charge in [-0.15, -0.1) is 0 Å². The van der Waals surface area contributed by atoms with E-state index in [0.717, 1.165) is 0 Å². The first-order valence-corrected chi connectivity index (χ1v) is 4.84. The van der Waals surface area contributed by atoms with Gasteiger partial charge in [-0.1, -0.05) is 31.7 Å². The smallest absolute Gasteiger partial charge is 0.224 e. The number of carbonyl (C=O) groups excluding carboxylic acids is 1. The molecule has 0 bridgehead atoms. The maximum absolute atomic E-state index is 11.1. The van der Waals surface area contributed by atoms with E-state index in [2.05, 4.69) is 18.5 Å². The van der Waals surface area contributed by atoms with Crippen molar-refractivity contribution < 1.29 is 9.90 Å². The molecule has 0 radical (unpaired) electrons. The Kier molecular flexibility index (Phi) is 3.37. The maximum atomic E-state index is 11.1. The minimum atomic E-state index is -0.197. The molecule has 0 spiro atoms. The van der Waals surface area contributed by atoms with Gasteiger partial charge in [-0.25, -0.2) is 0 Å². The van der Waals surface area contributed by atoms with E-state index in [0.29, 0.717) is 16.9 Å². The van der Waals surface area contributed by atoms with Crippen LogP contribution in [0.1, 0.15) is 13.3 Å². The largest absolute Gasteiger partial charge is 0.504 e.